The molecule has 94 valence electrons. The standard InChI is InChI=1S/C12H22FNO2/c1-12(2,3)16-11(15)14-8-5-10(4-7-13)6-9-14/h10H,4-9H2,1-3H3. The predicted octanol–water partition coefficient (Wildman–Crippen LogP) is 2.99. The summed E-state index contributed by atoms with van der Waals surface area (Å²) in [5.41, 5.74) is -0.438. The van der Waals surface area contributed by atoms with E-state index in [0.717, 1.165) is 12.8 Å². The van der Waals surface area contributed by atoms with Crippen molar-refractivity contribution in [3.8, 4) is 0 Å². The molecule has 0 atom stereocenters. The average molecular weight is 231 g/mol. The van der Waals surface area contributed by atoms with Gasteiger partial charge in [0, 0.05) is 13.1 Å². The molecule has 0 bridgehead atoms. The Labute approximate surface area is 96.9 Å². The second kappa shape index (κ2) is 5.51. The van der Waals surface area contributed by atoms with Crippen molar-refractivity contribution in [1.29, 1.82) is 0 Å². The Hall–Kier alpha value is -0.800. The van der Waals surface area contributed by atoms with E-state index in [1.165, 1.54) is 0 Å². The highest BCUT2D eigenvalue weighted by molar-refractivity contribution is 5.68. The molecule has 0 saturated carbocycles. The fourth-order valence-corrected chi connectivity index (χ4v) is 1.88. The van der Waals surface area contributed by atoms with Gasteiger partial charge in [0.25, 0.3) is 0 Å². The number of rotatable bonds is 2. The molecule has 1 fully saturated rings. The van der Waals surface area contributed by atoms with Crippen LogP contribution >= 0.6 is 0 Å². The second-order valence-corrected chi connectivity index (χ2v) is 5.39. The van der Waals surface area contributed by atoms with E-state index in [9.17, 15) is 9.18 Å². The van der Waals surface area contributed by atoms with Gasteiger partial charge in [0.15, 0.2) is 0 Å². The van der Waals surface area contributed by atoms with Gasteiger partial charge >= 0.3 is 6.09 Å². The number of halogens is 1. The van der Waals surface area contributed by atoms with E-state index in [4.69, 9.17) is 4.74 Å². The van der Waals surface area contributed by atoms with E-state index in [0.29, 0.717) is 25.4 Å². The van der Waals surface area contributed by atoms with Crippen molar-refractivity contribution in [3.63, 3.8) is 0 Å². The van der Waals surface area contributed by atoms with Gasteiger partial charge < -0.3 is 9.64 Å². The zero-order valence-electron chi connectivity index (χ0n) is 10.5. The van der Waals surface area contributed by atoms with Crippen molar-refractivity contribution in [2.45, 2.75) is 45.6 Å². The van der Waals surface area contributed by atoms with Gasteiger partial charge in [0.1, 0.15) is 5.60 Å². The molecule has 1 aliphatic rings. The highest BCUT2D eigenvalue weighted by Gasteiger charge is 2.26. The van der Waals surface area contributed by atoms with E-state index >= 15 is 0 Å². The van der Waals surface area contributed by atoms with Crippen LogP contribution in [0.5, 0.6) is 0 Å². The van der Waals surface area contributed by atoms with Crippen molar-refractivity contribution in [1.82, 2.24) is 4.90 Å². The summed E-state index contributed by atoms with van der Waals surface area (Å²) in [6, 6.07) is 0. The Balaban J connectivity index is 2.33. The van der Waals surface area contributed by atoms with E-state index in [1.807, 2.05) is 20.8 Å². The Bertz CT molecular complexity index is 230. The van der Waals surface area contributed by atoms with Gasteiger partial charge in [-0.05, 0) is 46.0 Å². The van der Waals surface area contributed by atoms with Crippen molar-refractivity contribution in [3.05, 3.63) is 0 Å². The number of hydrogen-bond donors (Lipinski definition) is 0. The molecule has 1 saturated heterocycles. The third kappa shape index (κ3) is 4.37. The molecule has 0 unspecified atom stereocenters. The van der Waals surface area contributed by atoms with Crippen LogP contribution in [0.25, 0.3) is 0 Å². The largest absolute Gasteiger partial charge is 0.444 e. The van der Waals surface area contributed by atoms with E-state index < -0.39 is 5.60 Å². The zero-order valence-corrected chi connectivity index (χ0v) is 10.5. The maximum atomic E-state index is 12.2. The summed E-state index contributed by atoms with van der Waals surface area (Å²) in [4.78, 5) is 13.4. The molecule has 0 aromatic heterocycles. The normalized spacial score (nSPS) is 18.6. The molecule has 3 nitrogen and oxygen atoms in total. The van der Waals surface area contributed by atoms with E-state index in [2.05, 4.69) is 0 Å². The van der Waals surface area contributed by atoms with Crippen LogP contribution in [0.3, 0.4) is 0 Å². The van der Waals surface area contributed by atoms with Crippen molar-refractivity contribution < 1.29 is 13.9 Å². The summed E-state index contributed by atoms with van der Waals surface area (Å²) < 4.78 is 17.4. The molecule has 4 heteroatoms. The molecule has 1 aliphatic heterocycles. The van der Waals surface area contributed by atoms with Gasteiger partial charge in [0.2, 0.25) is 0 Å². The topological polar surface area (TPSA) is 29.5 Å². The average Bonchev–Trinajstić information content (AvgIpc) is 2.16. The number of amides is 1. The lowest BCUT2D eigenvalue weighted by Gasteiger charge is -2.33. The van der Waals surface area contributed by atoms with Crippen LogP contribution in [-0.4, -0.2) is 36.4 Å². The Morgan fingerprint density at radius 2 is 1.94 bits per heavy atom. The van der Waals surface area contributed by atoms with Crippen molar-refractivity contribution in [2.75, 3.05) is 19.8 Å². The molecule has 0 aliphatic carbocycles. The first-order valence-corrected chi connectivity index (χ1v) is 5.96. The van der Waals surface area contributed by atoms with Gasteiger partial charge in [-0.1, -0.05) is 0 Å². The maximum absolute atomic E-state index is 12.2. The molecule has 1 rings (SSSR count). The summed E-state index contributed by atoms with van der Waals surface area (Å²) in [5.74, 6) is 0.434. The summed E-state index contributed by atoms with van der Waals surface area (Å²) >= 11 is 0. The Kier molecular flexibility index (Phi) is 4.56. The van der Waals surface area contributed by atoms with E-state index in [1.54, 1.807) is 4.90 Å². The number of likely N-dealkylation sites (tertiary alicyclic amines) is 1. The molecular weight excluding hydrogens is 209 g/mol. The first-order valence-electron chi connectivity index (χ1n) is 5.96. The summed E-state index contributed by atoms with van der Waals surface area (Å²) in [6.45, 7) is 6.72. The van der Waals surface area contributed by atoms with Gasteiger partial charge in [-0.25, -0.2) is 4.79 Å². The fourth-order valence-electron chi connectivity index (χ4n) is 1.88. The fraction of sp³-hybridized carbons (Fsp3) is 0.917. The van der Waals surface area contributed by atoms with Crippen LogP contribution in [0.1, 0.15) is 40.0 Å². The molecule has 0 aromatic carbocycles. The zero-order chi connectivity index (χ0) is 12.2. The number of carbonyl (C=O) groups is 1. The molecule has 1 heterocycles. The van der Waals surface area contributed by atoms with E-state index in [-0.39, 0.29) is 12.8 Å². The number of hydrogen-bond acceptors (Lipinski definition) is 2. The lowest BCUT2D eigenvalue weighted by atomic mass is 9.94. The third-order valence-corrected chi connectivity index (χ3v) is 2.78. The lowest BCUT2D eigenvalue weighted by Crippen LogP contribution is -2.41. The van der Waals surface area contributed by atoms with Crippen LogP contribution < -0.4 is 0 Å². The summed E-state index contributed by atoms with van der Waals surface area (Å²) in [6.07, 6.45) is 2.17. The van der Waals surface area contributed by atoms with Crippen molar-refractivity contribution in [2.24, 2.45) is 5.92 Å². The Morgan fingerprint density at radius 1 is 1.38 bits per heavy atom. The number of carbonyl (C=O) groups excluding carboxylic acids is 1. The molecule has 0 aromatic rings. The number of piperidine rings is 1. The SMILES string of the molecule is CC(C)(C)OC(=O)N1CCC(CCF)CC1. The smallest absolute Gasteiger partial charge is 0.410 e. The number of ether oxygens (including phenoxy) is 1. The molecule has 0 spiro atoms. The minimum atomic E-state index is -0.438. The van der Waals surface area contributed by atoms with Crippen LogP contribution in [0.2, 0.25) is 0 Å². The summed E-state index contributed by atoms with van der Waals surface area (Å²) in [7, 11) is 0. The first-order chi connectivity index (χ1) is 7.42. The van der Waals surface area contributed by atoms with Gasteiger partial charge in [-0.3, -0.25) is 4.39 Å². The predicted molar refractivity (Wildman–Crippen MR) is 61.1 cm³/mol. The van der Waals surface area contributed by atoms with Crippen LogP contribution in [0, 0.1) is 5.92 Å². The highest BCUT2D eigenvalue weighted by Crippen LogP contribution is 2.22. The second-order valence-electron chi connectivity index (χ2n) is 5.39. The van der Waals surface area contributed by atoms with Crippen LogP contribution in [0.15, 0.2) is 0 Å². The number of nitrogens with zero attached hydrogens (tertiary/aromatic N) is 1. The van der Waals surface area contributed by atoms with Crippen LogP contribution in [-0.2, 0) is 4.74 Å². The van der Waals surface area contributed by atoms with Crippen molar-refractivity contribution >= 4 is 6.09 Å². The summed E-state index contributed by atoms with van der Waals surface area (Å²) in [5, 5.41) is 0. The maximum Gasteiger partial charge on any atom is 0.410 e. The Morgan fingerprint density at radius 3 is 2.38 bits per heavy atom. The lowest BCUT2D eigenvalue weighted by molar-refractivity contribution is 0.0179. The molecule has 16 heavy (non-hydrogen) atoms. The quantitative estimate of drug-likeness (QED) is 0.731. The molecule has 1 amide bonds. The molecule has 0 radical (unpaired) electrons. The minimum Gasteiger partial charge on any atom is -0.444 e. The number of alkyl halides is 1. The molecule has 0 N–H and O–H groups in total. The minimum absolute atomic E-state index is 0.244. The first kappa shape index (κ1) is 13.3. The molecular formula is C12H22FNO2. The van der Waals surface area contributed by atoms with Gasteiger partial charge in [-0.15, -0.1) is 0 Å². The highest BCUT2D eigenvalue weighted by atomic mass is 19.1. The monoisotopic (exact) mass is 231 g/mol. The van der Waals surface area contributed by atoms with Crippen LogP contribution in [0.4, 0.5) is 9.18 Å². The third-order valence-electron chi connectivity index (χ3n) is 2.78. The van der Waals surface area contributed by atoms with Gasteiger partial charge in [-0.2, -0.15) is 0 Å². The van der Waals surface area contributed by atoms with Gasteiger partial charge in [0.05, 0.1) is 6.67 Å².